The number of nitrogens with zero attached hydrogens (tertiary/aromatic N) is 1. The van der Waals surface area contributed by atoms with Gasteiger partial charge in [0, 0.05) is 24.0 Å². The first-order valence-corrected chi connectivity index (χ1v) is 7.14. The van der Waals surface area contributed by atoms with E-state index in [9.17, 15) is 9.18 Å². The Labute approximate surface area is 127 Å². The largest absolute Gasteiger partial charge is 0.343 e. The summed E-state index contributed by atoms with van der Waals surface area (Å²) < 4.78 is 15.4. The van der Waals surface area contributed by atoms with Crippen molar-refractivity contribution in [3.8, 4) is 11.3 Å². The smallest absolute Gasteiger partial charge is 0.194 e. The van der Waals surface area contributed by atoms with Crippen LogP contribution >= 0.6 is 0 Å². The number of rotatable bonds is 2. The van der Waals surface area contributed by atoms with Gasteiger partial charge in [-0.2, -0.15) is 0 Å². The van der Waals surface area contributed by atoms with E-state index in [1.807, 2.05) is 41.9 Å². The predicted octanol–water partition coefficient (Wildman–Crippen LogP) is 3.36. The third kappa shape index (κ3) is 2.22. The summed E-state index contributed by atoms with van der Waals surface area (Å²) in [6.07, 6.45) is 0. The number of aryl methyl sites for hydroxylation is 1. The van der Waals surface area contributed by atoms with Crippen LogP contribution in [0.15, 0.2) is 53.3 Å². The lowest BCUT2D eigenvalue weighted by molar-refractivity contribution is 0.629. The first-order valence-electron chi connectivity index (χ1n) is 7.14. The molecule has 112 valence electrons. The van der Waals surface area contributed by atoms with Crippen LogP contribution in [0.5, 0.6) is 0 Å². The highest BCUT2D eigenvalue weighted by Crippen LogP contribution is 2.28. The summed E-state index contributed by atoms with van der Waals surface area (Å²) in [6.45, 7) is 1.77. The lowest BCUT2D eigenvalue weighted by Crippen LogP contribution is -2.23. The fourth-order valence-electron chi connectivity index (χ4n) is 2.90. The molecule has 0 bridgehead atoms. The molecule has 0 saturated carbocycles. The van der Waals surface area contributed by atoms with Gasteiger partial charge in [-0.25, -0.2) is 4.39 Å². The van der Waals surface area contributed by atoms with E-state index in [-0.39, 0.29) is 5.43 Å². The van der Waals surface area contributed by atoms with Gasteiger partial charge in [-0.05, 0) is 30.7 Å². The molecule has 3 nitrogen and oxygen atoms in total. The van der Waals surface area contributed by atoms with E-state index in [1.54, 1.807) is 13.0 Å². The molecule has 1 atom stereocenters. The Bertz CT molecular complexity index is 898. The molecule has 3 rings (SSSR count). The maximum absolute atomic E-state index is 13.5. The van der Waals surface area contributed by atoms with Gasteiger partial charge in [-0.1, -0.05) is 30.3 Å². The van der Waals surface area contributed by atoms with Gasteiger partial charge < -0.3 is 10.3 Å². The van der Waals surface area contributed by atoms with Crippen molar-refractivity contribution in [1.29, 1.82) is 0 Å². The SMILES string of the molecule is CC(N)c1c(-c2ccccc2)n(C)c2ccc(F)cc2c1=O. The second kappa shape index (κ2) is 5.39. The average molecular weight is 296 g/mol. The quantitative estimate of drug-likeness (QED) is 0.788. The number of hydrogen-bond acceptors (Lipinski definition) is 2. The molecule has 4 heteroatoms. The fraction of sp³-hybridized carbons (Fsp3) is 0.167. The van der Waals surface area contributed by atoms with E-state index < -0.39 is 11.9 Å². The monoisotopic (exact) mass is 296 g/mol. The van der Waals surface area contributed by atoms with Crippen LogP contribution in [0.4, 0.5) is 4.39 Å². The Hall–Kier alpha value is -2.46. The number of halogens is 1. The molecular formula is C18H17FN2O. The van der Waals surface area contributed by atoms with Gasteiger partial charge in [0.25, 0.3) is 0 Å². The van der Waals surface area contributed by atoms with Crippen molar-refractivity contribution in [2.24, 2.45) is 12.8 Å². The topological polar surface area (TPSA) is 48.0 Å². The second-order valence-electron chi connectivity index (χ2n) is 5.47. The number of aromatic nitrogens is 1. The first kappa shape index (κ1) is 14.5. The Morgan fingerprint density at radius 3 is 2.45 bits per heavy atom. The van der Waals surface area contributed by atoms with Gasteiger partial charge in [0.15, 0.2) is 5.43 Å². The molecule has 1 heterocycles. The van der Waals surface area contributed by atoms with E-state index >= 15 is 0 Å². The summed E-state index contributed by atoms with van der Waals surface area (Å²) >= 11 is 0. The molecule has 1 aromatic heterocycles. The van der Waals surface area contributed by atoms with Crippen LogP contribution in [0, 0.1) is 5.82 Å². The summed E-state index contributed by atoms with van der Waals surface area (Å²) in [6, 6.07) is 13.5. The van der Waals surface area contributed by atoms with Crippen molar-refractivity contribution >= 4 is 10.9 Å². The molecular weight excluding hydrogens is 279 g/mol. The molecule has 3 aromatic rings. The predicted molar refractivity (Wildman–Crippen MR) is 87.2 cm³/mol. The summed E-state index contributed by atoms with van der Waals surface area (Å²) in [7, 11) is 1.87. The van der Waals surface area contributed by atoms with E-state index in [2.05, 4.69) is 0 Å². The maximum Gasteiger partial charge on any atom is 0.194 e. The number of hydrogen-bond donors (Lipinski definition) is 1. The lowest BCUT2D eigenvalue weighted by atomic mass is 9.97. The minimum atomic E-state index is -0.443. The average Bonchev–Trinajstić information content (AvgIpc) is 2.51. The fourth-order valence-corrected chi connectivity index (χ4v) is 2.90. The Kier molecular flexibility index (Phi) is 3.54. The van der Waals surface area contributed by atoms with Crippen LogP contribution in [0.25, 0.3) is 22.2 Å². The van der Waals surface area contributed by atoms with Gasteiger partial charge in [-0.15, -0.1) is 0 Å². The molecule has 0 radical (unpaired) electrons. The lowest BCUT2D eigenvalue weighted by Gasteiger charge is -2.19. The first-order chi connectivity index (χ1) is 10.5. The van der Waals surface area contributed by atoms with Gasteiger partial charge in [0.2, 0.25) is 0 Å². The van der Waals surface area contributed by atoms with Crippen molar-refractivity contribution in [3.63, 3.8) is 0 Å². The highest BCUT2D eigenvalue weighted by molar-refractivity contribution is 5.84. The third-order valence-electron chi connectivity index (χ3n) is 3.90. The van der Waals surface area contributed by atoms with E-state index in [0.717, 1.165) is 11.3 Å². The highest BCUT2D eigenvalue weighted by atomic mass is 19.1. The summed E-state index contributed by atoms with van der Waals surface area (Å²) in [5.74, 6) is -0.423. The number of pyridine rings is 1. The van der Waals surface area contributed by atoms with Crippen LogP contribution in [0.3, 0.4) is 0 Å². The van der Waals surface area contributed by atoms with Crippen LogP contribution in [-0.2, 0) is 7.05 Å². The Morgan fingerprint density at radius 2 is 1.82 bits per heavy atom. The molecule has 0 fully saturated rings. The molecule has 2 N–H and O–H groups in total. The molecule has 1 unspecified atom stereocenters. The van der Waals surface area contributed by atoms with Crippen LogP contribution in [-0.4, -0.2) is 4.57 Å². The summed E-state index contributed by atoms with van der Waals surface area (Å²) in [4.78, 5) is 12.8. The van der Waals surface area contributed by atoms with Gasteiger partial charge in [-0.3, -0.25) is 4.79 Å². The molecule has 0 aliphatic heterocycles. The summed E-state index contributed by atoms with van der Waals surface area (Å²) in [5.41, 5.74) is 8.73. The normalized spacial score (nSPS) is 12.5. The zero-order valence-corrected chi connectivity index (χ0v) is 12.5. The minimum absolute atomic E-state index is 0.207. The third-order valence-corrected chi connectivity index (χ3v) is 3.90. The van der Waals surface area contributed by atoms with Crippen LogP contribution in [0.1, 0.15) is 18.5 Å². The Balaban J connectivity index is 2.51. The van der Waals surface area contributed by atoms with Gasteiger partial charge in [0.1, 0.15) is 5.82 Å². The number of fused-ring (bicyclic) bond motifs is 1. The van der Waals surface area contributed by atoms with Gasteiger partial charge in [0.05, 0.1) is 11.2 Å². The van der Waals surface area contributed by atoms with E-state index in [1.165, 1.54) is 12.1 Å². The molecule has 22 heavy (non-hydrogen) atoms. The number of nitrogens with two attached hydrogens (primary N) is 1. The van der Waals surface area contributed by atoms with Crippen molar-refractivity contribution in [3.05, 3.63) is 70.1 Å². The van der Waals surface area contributed by atoms with E-state index in [4.69, 9.17) is 5.73 Å². The maximum atomic E-state index is 13.5. The van der Waals surface area contributed by atoms with Crippen LogP contribution < -0.4 is 11.2 Å². The number of benzene rings is 2. The zero-order chi connectivity index (χ0) is 15.9. The van der Waals surface area contributed by atoms with Crippen molar-refractivity contribution in [2.45, 2.75) is 13.0 Å². The minimum Gasteiger partial charge on any atom is -0.343 e. The molecule has 0 saturated heterocycles. The van der Waals surface area contributed by atoms with Gasteiger partial charge >= 0.3 is 0 Å². The van der Waals surface area contributed by atoms with Crippen molar-refractivity contribution in [1.82, 2.24) is 4.57 Å². The molecule has 2 aromatic carbocycles. The highest BCUT2D eigenvalue weighted by Gasteiger charge is 2.19. The molecule has 0 amide bonds. The Morgan fingerprint density at radius 1 is 1.14 bits per heavy atom. The van der Waals surface area contributed by atoms with Crippen LogP contribution in [0.2, 0.25) is 0 Å². The molecule has 0 spiro atoms. The second-order valence-corrected chi connectivity index (χ2v) is 5.47. The summed E-state index contributed by atoms with van der Waals surface area (Å²) in [5, 5.41) is 0.356. The van der Waals surface area contributed by atoms with E-state index in [0.29, 0.717) is 16.5 Å². The molecule has 0 aliphatic rings. The zero-order valence-electron chi connectivity index (χ0n) is 12.5. The standard InChI is InChI=1S/C18H17FN2O/c1-11(20)16-17(12-6-4-3-5-7-12)21(2)15-9-8-13(19)10-14(15)18(16)22/h3-11H,20H2,1-2H3. The molecule has 0 aliphatic carbocycles. The van der Waals surface area contributed by atoms with Crippen molar-refractivity contribution in [2.75, 3.05) is 0 Å². The van der Waals surface area contributed by atoms with Crippen molar-refractivity contribution < 1.29 is 4.39 Å².